The summed E-state index contributed by atoms with van der Waals surface area (Å²) >= 11 is 0. The number of aromatic amines is 1. The summed E-state index contributed by atoms with van der Waals surface area (Å²) in [5, 5.41) is 13.8. The van der Waals surface area contributed by atoms with Crippen LogP contribution in [-0.4, -0.2) is 79.2 Å². The Labute approximate surface area is 186 Å². The first kappa shape index (κ1) is 22.3. The average molecular weight is 459 g/mol. The number of hydrogen-bond donors (Lipinski definition) is 3. The molecule has 1 amide bonds. The number of aromatic hydroxyl groups is 1. The molecule has 0 unspecified atom stereocenters. The SMILES string of the molecule is CS(=O)(=O)CCNC(=O)c1ccc2[nH]c(O)c(-c3ccc(CN4CCOCC4)cn3)c2c1. The van der Waals surface area contributed by atoms with Crippen LogP contribution in [0.15, 0.2) is 36.5 Å². The van der Waals surface area contributed by atoms with Gasteiger partial charge in [-0.25, -0.2) is 8.42 Å². The number of benzene rings is 1. The van der Waals surface area contributed by atoms with Gasteiger partial charge in [0.05, 0.1) is 30.2 Å². The summed E-state index contributed by atoms with van der Waals surface area (Å²) in [5.41, 5.74) is 3.22. The molecule has 3 N–H and O–H groups in total. The van der Waals surface area contributed by atoms with Gasteiger partial charge in [-0.2, -0.15) is 0 Å². The molecule has 2 aromatic heterocycles. The van der Waals surface area contributed by atoms with Gasteiger partial charge in [0.25, 0.3) is 5.91 Å². The van der Waals surface area contributed by atoms with E-state index in [9.17, 15) is 18.3 Å². The molecular formula is C22H26N4O5S. The normalized spacial score (nSPS) is 15.2. The number of hydrogen-bond acceptors (Lipinski definition) is 7. The summed E-state index contributed by atoms with van der Waals surface area (Å²) in [4.78, 5) is 22.2. The minimum Gasteiger partial charge on any atom is -0.494 e. The van der Waals surface area contributed by atoms with E-state index in [0.29, 0.717) is 27.7 Å². The number of sulfone groups is 1. The van der Waals surface area contributed by atoms with E-state index in [-0.39, 0.29) is 24.1 Å². The molecule has 3 heterocycles. The number of aromatic nitrogens is 2. The smallest absolute Gasteiger partial charge is 0.251 e. The first-order chi connectivity index (χ1) is 15.3. The van der Waals surface area contributed by atoms with Crippen LogP contribution in [-0.2, 0) is 21.1 Å². The first-order valence-corrected chi connectivity index (χ1v) is 12.4. The van der Waals surface area contributed by atoms with E-state index in [1.807, 2.05) is 12.1 Å². The van der Waals surface area contributed by atoms with Crippen molar-refractivity contribution in [3.05, 3.63) is 47.7 Å². The Bertz CT molecular complexity index is 1220. The van der Waals surface area contributed by atoms with Crippen LogP contribution < -0.4 is 5.32 Å². The number of pyridine rings is 1. The van der Waals surface area contributed by atoms with Crippen molar-refractivity contribution in [2.45, 2.75) is 6.54 Å². The van der Waals surface area contributed by atoms with Crippen molar-refractivity contribution >= 4 is 26.6 Å². The lowest BCUT2D eigenvalue weighted by molar-refractivity contribution is 0.0341. The van der Waals surface area contributed by atoms with Gasteiger partial charge >= 0.3 is 0 Å². The maximum absolute atomic E-state index is 12.5. The number of nitrogens with zero attached hydrogens (tertiary/aromatic N) is 2. The van der Waals surface area contributed by atoms with Gasteiger partial charge in [-0.3, -0.25) is 14.7 Å². The van der Waals surface area contributed by atoms with Crippen molar-refractivity contribution in [3.8, 4) is 17.1 Å². The zero-order valence-electron chi connectivity index (χ0n) is 17.8. The second-order valence-electron chi connectivity index (χ2n) is 7.93. The van der Waals surface area contributed by atoms with Gasteiger partial charge in [0.15, 0.2) is 5.88 Å². The molecule has 3 aromatic rings. The quantitative estimate of drug-likeness (QED) is 0.490. The van der Waals surface area contributed by atoms with E-state index in [1.165, 1.54) is 0 Å². The predicted molar refractivity (Wildman–Crippen MR) is 121 cm³/mol. The standard InChI is InChI=1S/C22H26N4O5S/c1-32(29,30)11-6-23-21(27)16-3-5-18-17(12-16)20(22(28)25-18)19-4-2-15(13-24-19)14-26-7-9-31-10-8-26/h2-5,12-13,25,28H,6-11,14H2,1H3,(H,23,27). The highest BCUT2D eigenvalue weighted by atomic mass is 32.2. The summed E-state index contributed by atoms with van der Waals surface area (Å²) in [6.07, 6.45) is 2.92. The number of fused-ring (bicyclic) bond motifs is 1. The van der Waals surface area contributed by atoms with Crippen LogP contribution in [0.5, 0.6) is 5.88 Å². The van der Waals surface area contributed by atoms with Crippen LogP contribution in [0.2, 0.25) is 0 Å². The topological polar surface area (TPSA) is 125 Å². The van der Waals surface area contributed by atoms with E-state index in [1.54, 1.807) is 24.4 Å². The number of nitrogens with one attached hydrogen (secondary N) is 2. The Morgan fingerprint density at radius 1 is 1.25 bits per heavy atom. The Balaban J connectivity index is 1.55. The third-order valence-electron chi connectivity index (χ3n) is 5.39. The molecule has 1 aliphatic heterocycles. The van der Waals surface area contributed by atoms with Crippen molar-refractivity contribution in [2.24, 2.45) is 0 Å². The Morgan fingerprint density at radius 2 is 2.03 bits per heavy atom. The molecule has 170 valence electrons. The van der Waals surface area contributed by atoms with Gasteiger partial charge in [0.1, 0.15) is 9.84 Å². The van der Waals surface area contributed by atoms with Crippen LogP contribution in [0.3, 0.4) is 0 Å². The monoisotopic (exact) mass is 458 g/mol. The molecule has 10 heteroatoms. The molecule has 0 spiro atoms. The van der Waals surface area contributed by atoms with E-state index in [4.69, 9.17) is 4.74 Å². The number of ether oxygens (including phenoxy) is 1. The van der Waals surface area contributed by atoms with Gasteiger partial charge in [0.2, 0.25) is 0 Å². The van der Waals surface area contributed by atoms with Crippen molar-refractivity contribution < 1.29 is 23.1 Å². The summed E-state index contributed by atoms with van der Waals surface area (Å²) in [7, 11) is -3.16. The minimum atomic E-state index is -3.16. The highest BCUT2D eigenvalue weighted by Gasteiger charge is 2.17. The minimum absolute atomic E-state index is 0.0249. The number of H-pyrrole nitrogens is 1. The average Bonchev–Trinajstić information content (AvgIpc) is 3.09. The maximum atomic E-state index is 12.5. The Kier molecular flexibility index (Phi) is 6.45. The third-order valence-corrected chi connectivity index (χ3v) is 6.34. The second kappa shape index (κ2) is 9.27. The largest absolute Gasteiger partial charge is 0.494 e. The molecule has 0 bridgehead atoms. The van der Waals surface area contributed by atoms with Crippen molar-refractivity contribution in [2.75, 3.05) is 44.9 Å². The number of morpholine rings is 1. The van der Waals surface area contributed by atoms with E-state index in [0.717, 1.165) is 44.7 Å². The second-order valence-corrected chi connectivity index (χ2v) is 10.2. The molecule has 1 saturated heterocycles. The molecule has 0 atom stereocenters. The van der Waals surface area contributed by atoms with Crippen LogP contribution in [0.25, 0.3) is 22.2 Å². The maximum Gasteiger partial charge on any atom is 0.251 e. The lowest BCUT2D eigenvalue weighted by Crippen LogP contribution is -2.35. The van der Waals surface area contributed by atoms with Crippen molar-refractivity contribution in [3.63, 3.8) is 0 Å². The highest BCUT2D eigenvalue weighted by Crippen LogP contribution is 2.36. The number of rotatable bonds is 7. The van der Waals surface area contributed by atoms with Crippen molar-refractivity contribution in [1.82, 2.24) is 20.2 Å². The van der Waals surface area contributed by atoms with Crippen LogP contribution >= 0.6 is 0 Å². The zero-order valence-corrected chi connectivity index (χ0v) is 18.6. The van der Waals surface area contributed by atoms with Crippen LogP contribution in [0, 0.1) is 0 Å². The fourth-order valence-corrected chi connectivity index (χ4v) is 4.19. The molecule has 4 rings (SSSR count). The lowest BCUT2D eigenvalue weighted by atomic mass is 10.1. The predicted octanol–water partition coefficient (Wildman–Crippen LogP) is 1.54. The molecule has 0 radical (unpaired) electrons. The molecule has 1 aliphatic rings. The molecule has 0 saturated carbocycles. The van der Waals surface area contributed by atoms with Gasteiger partial charge in [-0.1, -0.05) is 6.07 Å². The van der Waals surface area contributed by atoms with E-state index >= 15 is 0 Å². The van der Waals surface area contributed by atoms with E-state index < -0.39 is 9.84 Å². The number of amides is 1. The number of carbonyl (C=O) groups is 1. The summed E-state index contributed by atoms with van der Waals surface area (Å²) in [6, 6.07) is 8.84. The molecular weight excluding hydrogens is 432 g/mol. The lowest BCUT2D eigenvalue weighted by Gasteiger charge is -2.26. The molecule has 0 aliphatic carbocycles. The van der Waals surface area contributed by atoms with Crippen LogP contribution in [0.4, 0.5) is 0 Å². The molecule has 1 aromatic carbocycles. The van der Waals surface area contributed by atoms with Crippen molar-refractivity contribution in [1.29, 1.82) is 0 Å². The van der Waals surface area contributed by atoms with Gasteiger partial charge in [-0.15, -0.1) is 0 Å². The first-order valence-electron chi connectivity index (χ1n) is 10.4. The third kappa shape index (κ3) is 5.26. The Hall–Kier alpha value is -2.95. The van der Waals surface area contributed by atoms with Gasteiger partial charge in [0, 0.05) is 55.1 Å². The van der Waals surface area contributed by atoms with Gasteiger partial charge in [-0.05, 0) is 29.8 Å². The summed E-state index contributed by atoms with van der Waals surface area (Å²) in [6.45, 7) is 4.07. The summed E-state index contributed by atoms with van der Waals surface area (Å²) < 4.78 is 27.9. The molecule has 9 nitrogen and oxygen atoms in total. The fraction of sp³-hybridized carbons (Fsp3) is 0.364. The fourth-order valence-electron chi connectivity index (χ4n) is 3.71. The number of carbonyl (C=O) groups excluding carboxylic acids is 1. The zero-order chi connectivity index (χ0) is 22.7. The van der Waals surface area contributed by atoms with Gasteiger partial charge < -0.3 is 20.1 Å². The summed E-state index contributed by atoms with van der Waals surface area (Å²) in [5.74, 6) is -0.531. The molecule has 32 heavy (non-hydrogen) atoms. The Morgan fingerprint density at radius 3 is 2.72 bits per heavy atom. The van der Waals surface area contributed by atoms with Crippen LogP contribution in [0.1, 0.15) is 15.9 Å². The van der Waals surface area contributed by atoms with E-state index in [2.05, 4.69) is 20.2 Å². The molecule has 1 fully saturated rings. The highest BCUT2D eigenvalue weighted by molar-refractivity contribution is 7.90.